The molecule has 8 N–H and O–H groups in total. The van der Waals surface area contributed by atoms with Gasteiger partial charge in [-0.15, -0.1) is 5.10 Å². The van der Waals surface area contributed by atoms with E-state index in [0.29, 0.717) is 18.5 Å². The van der Waals surface area contributed by atoms with E-state index in [-0.39, 0.29) is 43.1 Å². The average molecular weight is 880 g/mol. The number of hydrogen-bond acceptors (Lipinski definition) is 16. The maximum atomic E-state index is 14.3. The van der Waals surface area contributed by atoms with Crippen LogP contribution in [0.15, 0.2) is 30.5 Å². The zero-order valence-corrected chi connectivity index (χ0v) is 35.3. The maximum Gasteiger partial charge on any atom is 0.332 e. The molecule has 19 nitrogen and oxygen atoms in total. The zero-order valence-electron chi connectivity index (χ0n) is 35.3. The molecule has 0 spiro atoms. The summed E-state index contributed by atoms with van der Waals surface area (Å²) in [5, 5.41) is 79.1. The van der Waals surface area contributed by atoms with Crippen molar-refractivity contribution in [3.05, 3.63) is 36.3 Å². The first-order valence-electron chi connectivity index (χ1n) is 21.6. The van der Waals surface area contributed by atoms with E-state index in [1.807, 2.05) is 0 Å². The number of aliphatic carboxylic acids is 1. The summed E-state index contributed by atoms with van der Waals surface area (Å²) in [7, 11) is 1.77. The second kappa shape index (κ2) is 21.9. The number of aromatic nitrogens is 3. The molecule has 3 heterocycles. The van der Waals surface area contributed by atoms with E-state index < -0.39 is 116 Å². The molecule has 6 rings (SSSR count). The Kier molecular flexibility index (Phi) is 16.9. The summed E-state index contributed by atoms with van der Waals surface area (Å²) in [5.41, 5.74) is 0.692. The predicted octanol–water partition coefficient (Wildman–Crippen LogP) is 0.594. The number of rotatable bonds is 18. The number of ketones is 1. The van der Waals surface area contributed by atoms with Gasteiger partial charge in [0.1, 0.15) is 66.1 Å². The van der Waals surface area contributed by atoms with Crippen LogP contribution in [-0.2, 0) is 38.1 Å². The normalized spacial score (nSPS) is 35.0. The lowest BCUT2D eigenvalue weighted by atomic mass is 9.78. The Hall–Kier alpha value is -3.54. The summed E-state index contributed by atoms with van der Waals surface area (Å²) >= 11 is 0. The first-order chi connectivity index (χ1) is 29.7. The number of carbonyl (C=O) groups is 3. The number of carboxylic acid groups (broad SMARTS) is 1. The van der Waals surface area contributed by atoms with Crippen LogP contribution in [0.5, 0.6) is 0 Å². The minimum atomic E-state index is -1.76. The highest BCUT2D eigenvalue weighted by Crippen LogP contribution is 2.41. The Morgan fingerprint density at radius 3 is 2.42 bits per heavy atom. The summed E-state index contributed by atoms with van der Waals surface area (Å²) in [4.78, 5) is 39.5. The Bertz CT molecular complexity index is 1790. The van der Waals surface area contributed by atoms with Crippen molar-refractivity contribution in [2.24, 2.45) is 11.8 Å². The van der Waals surface area contributed by atoms with Crippen molar-refractivity contribution in [1.82, 2.24) is 25.6 Å². The lowest BCUT2D eigenvalue weighted by molar-refractivity contribution is -0.337. The van der Waals surface area contributed by atoms with Gasteiger partial charge >= 0.3 is 5.97 Å². The smallest absolute Gasteiger partial charge is 0.332 e. The third-order valence-corrected chi connectivity index (χ3v) is 12.6. The van der Waals surface area contributed by atoms with E-state index in [4.69, 9.17) is 23.7 Å². The van der Waals surface area contributed by atoms with Crippen molar-refractivity contribution in [3.8, 4) is 11.3 Å². The highest BCUT2D eigenvalue weighted by Gasteiger charge is 2.53. The van der Waals surface area contributed by atoms with Crippen LogP contribution in [0.1, 0.15) is 84.1 Å². The van der Waals surface area contributed by atoms with Gasteiger partial charge in [0.05, 0.1) is 31.1 Å². The Morgan fingerprint density at radius 1 is 0.984 bits per heavy atom. The minimum absolute atomic E-state index is 0.0293. The number of nitrogens with one attached hydrogen (secondary N) is 2. The van der Waals surface area contributed by atoms with Gasteiger partial charge in [-0.2, -0.15) is 0 Å². The highest BCUT2D eigenvalue weighted by atomic mass is 19.1. The van der Waals surface area contributed by atoms with Crippen LogP contribution < -0.4 is 10.6 Å². The molecule has 2 aliphatic heterocycles. The molecule has 6 unspecified atom stereocenters. The van der Waals surface area contributed by atoms with Crippen LogP contribution >= 0.6 is 0 Å². The molecule has 4 fully saturated rings. The van der Waals surface area contributed by atoms with Gasteiger partial charge in [-0.1, -0.05) is 49.5 Å². The third kappa shape index (κ3) is 11.6. The molecule has 1 aromatic heterocycles. The number of ether oxygens (including phenoxy) is 5. The third-order valence-electron chi connectivity index (χ3n) is 12.6. The molecule has 62 heavy (non-hydrogen) atoms. The van der Waals surface area contributed by atoms with Gasteiger partial charge in [-0.05, 0) is 64.3 Å². The Labute approximate surface area is 359 Å². The van der Waals surface area contributed by atoms with Crippen molar-refractivity contribution in [1.29, 1.82) is 0 Å². The standard InChI is InChI=1S/C42H62FN5O14/c1-21-34(52)36(54)37(55)42(58-21)62-38-28(48-19-27(46-47-48)24-11-7-12-26(43)16-24)17-25(29(51)13-8-14-44-3)18-30(38)60-41-33(45-22(2)50)39(35(53)32(20-49)61-41)59-31(40(56)57)15-23-9-5-4-6-10-23/h7,11-12,16,19,21,23,25,28,30-39,41-42,44,49,52-55H,4-6,8-10,13-15,17-18,20H2,1-3H3,(H,45,50)(H,56,57)/t21?,25?,28?,30-,31+,32+,33?,34-,35+,36+,37?,38-,39?,41-,42+/m1/s1. The van der Waals surface area contributed by atoms with Crippen LogP contribution in [-0.4, -0.2) is 163 Å². The van der Waals surface area contributed by atoms with Crippen molar-refractivity contribution < 1.29 is 73.1 Å². The monoisotopic (exact) mass is 879 g/mol. The van der Waals surface area contributed by atoms with Crippen LogP contribution in [0.25, 0.3) is 11.3 Å². The van der Waals surface area contributed by atoms with Crippen LogP contribution in [0.4, 0.5) is 4.39 Å². The number of aliphatic hydroxyl groups excluding tert-OH is 5. The van der Waals surface area contributed by atoms with Gasteiger partial charge < -0.3 is 65.0 Å². The van der Waals surface area contributed by atoms with E-state index in [2.05, 4.69) is 20.9 Å². The molecule has 2 saturated heterocycles. The molecule has 1 aromatic carbocycles. The van der Waals surface area contributed by atoms with E-state index in [0.717, 1.165) is 32.1 Å². The number of nitrogens with zero attached hydrogens (tertiary/aromatic N) is 3. The molecule has 2 saturated carbocycles. The number of amides is 1. The quantitative estimate of drug-likeness (QED) is 0.0952. The summed E-state index contributed by atoms with van der Waals surface area (Å²) < 4.78 is 47.2. The van der Waals surface area contributed by atoms with Gasteiger partial charge in [0.15, 0.2) is 18.7 Å². The minimum Gasteiger partial charge on any atom is -0.479 e. The van der Waals surface area contributed by atoms with Crippen molar-refractivity contribution in [2.45, 2.75) is 164 Å². The van der Waals surface area contributed by atoms with Crippen LogP contribution in [0.3, 0.4) is 0 Å². The fourth-order valence-corrected chi connectivity index (χ4v) is 9.20. The fraction of sp³-hybridized carbons (Fsp3) is 0.738. The SMILES string of the molecule is CNCCCC(=O)C1CC(n2cc(-c3cccc(F)c3)nn2)[C@@H](O[C@@H]2OC(C)[C@@H](O)[C@H](O)C2O)[C@H](O[C@@H]2O[C@@H](CO)[C@H](O)C(O[C@@H](CC3CCCCC3)C(=O)O)C2NC(C)=O)C1. The molecule has 15 atom stereocenters. The van der Waals surface area contributed by atoms with E-state index in [9.17, 15) is 49.4 Å². The molecule has 4 aliphatic rings. The van der Waals surface area contributed by atoms with Crippen LogP contribution in [0, 0.1) is 17.7 Å². The van der Waals surface area contributed by atoms with Crippen LogP contribution in [0.2, 0.25) is 0 Å². The number of Topliss-reactive ketones (excluding diaryl/α,β-unsaturated/α-hetero) is 1. The molecule has 2 aliphatic carbocycles. The largest absolute Gasteiger partial charge is 0.479 e. The number of carboxylic acids is 1. The predicted molar refractivity (Wildman–Crippen MR) is 214 cm³/mol. The lowest BCUT2D eigenvalue weighted by Gasteiger charge is -2.49. The summed E-state index contributed by atoms with van der Waals surface area (Å²) in [6.45, 7) is 2.50. The van der Waals surface area contributed by atoms with Crippen molar-refractivity contribution in [3.63, 3.8) is 0 Å². The first-order valence-corrected chi connectivity index (χ1v) is 21.6. The average Bonchev–Trinajstić information content (AvgIpc) is 3.75. The number of hydrogen-bond donors (Lipinski definition) is 8. The van der Waals surface area contributed by atoms with Gasteiger partial charge in [0, 0.05) is 24.8 Å². The molecule has 0 bridgehead atoms. The number of aliphatic hydroxyl groups is 5. The topological polar surface area (TPSA) is 274 Å². The molecule has 346 valence electrons. The lowest BCUT2D eigenvalue weighted by Crippen LogP contribution is -2.67. The molecule has 20 heteroatoms. The first kappa shape index (κ1) is 47.9. The molecule has 2 aromatic rings. The van der Waals surface area contributed by atoms with E-state index in [1.165, 1.54) is 42.9 Å². The van der Waals surface area contributed by atoms with Crippen molar-refractivity contribution >= 4 is 17.7 Å². The van der Waals surface area contributed by atoms with Gasteiger partial charge in [-0.3, -0.25) is 9.59 Å². The number of carbonyl (C=O) groups excluding carboxylic acids is 2. The van der Waals surface area contributed by atoms with Crippen molar-refractivity contribution in [2.75, 3.05) is 20.2 Å². The maximum absolute atomic E-state index is 14.3. The second-order valence-electron chi connectivity index (χ2n) is 17.1. The number of benzene rings is 1. The molecule has 0 radical (unpaired) electrons. The van der Waals surface area contributed by atoms with Gasteiger partial charge in [0.2, 0.25) is 5.91 Å². The Balaban J connectivity index is 1.39. The Morgan fingerprint density at radius 2 is 1.74 bits per heavy atom. The zero-order chi connectivity index (χ0) is 44.7. The summed E-state index contributed by atoms with van der Waals surface area (Å²) in [5.74, 6) is -3.16. The second-order valence-corrected chi connectivity index (χ2v) is 17.1. The molecular weight excluding hydrogens is 817 g/mol. The molecular formula is C42H62FN5O14. The van der Waals surface area contributed by atoms with Gasteiger partial charge in [0.25, 0.3) is 0 Å². The van der Waals surface area contributed by atoms with E-state index in [1.54, 1.807) is 13.1 Å². The van der Waals surface area contributed by atoms with Gasteiger partial charge in [-0.25, -0.2) is 13.9 Å². The summed E-state index contributed by atoms with van der Waals surface area (Å²) in [6.07, 6.45) is -10.3. The van der Waals surface area contributed by atoms with E-state index >= 15 is 0 Å². The number of halogens is 1. The highest BCUT2D eigenvalue weighted by molar-refractivity contribution is 5.81. The fourth-order valence-electron chi connectivity index (χ4n) is 9.20. The summed E-state index contributed by atoms with van der Waals surface area (Å²) in [6, 6.07) is 3.41. The molecule has 1 amide bonds.